The summed E-state index contributed by atoms with van der Waals surface area (Å²) in [5.74, 6) is 0.531. The van der Waals surface area contributed by atoms with Gasteiger partial charge in [-0.2, -0.15) is 0 Å². The average Bonchev–Trinajstić information content (AvgIpc) is 3.40. The van der Waals surface area contributed by atoms with E-state index in [0.29, 0.717) is 5.56 Å². The lowest BCUT2D eigenvalue weighted by Gasteiger charge is -2.15. The van der Waals surface area contributed by atoms with Gasteiger partial charge in [0.25, 0.3) is 5.91 Å². The second-order valence-corrected chi connectivity index (χ2v) is 7.78. The summed E-state index contributed by atoms with van der Waals surface area (Å²) in [7, 11) is 0. The van der Waals surface area contributed by atoms with Crippen molar-refractivity contribution < 1.29 is 9.59 Å². The van der Waals surface area contributed by atoms with Gasteiger partial charge in [0.05, 0.1) is 17.6 Å². The van der Waals surface area contributed by atoms with Crippen LogP contribution in [0.5, 0.6) is 0 Å². The van der Waals surface area contributed by atoms with E-state index in [-0.39, 0.29) is 18.4 Å². The van der Waals surface area contributed by atoms with E-state index in [1.54, 1.807) is 28.8 Å². The third-order valence-electron chi connectivity index (χ3n) is 4.82. The van der Waals surface area contributed by atoms with Gasteiger partial charge in [0.15, 0.2) is 5.16 Å². The van der Waals surface area contributed by atoms with Gasteiger partial charge < -0.3 is 15.2 Å². The third-order valence-corrected chi connectivity index (χ3v) is 5.76. The van der Waals surface area contributed by atoms with E-state index >= 15 is 0 Å². The zero-order valence-corrected chi connectivity index (χ0v) is 16.3. The number of benzene rings is 2. The van der Waals surface area contributed by atoms with Crippen molar-refractivity contribution in [2.24, 2.45) is 0 Å². The number of carbonyl (C=O) groups excluding carboxylic acids is 2. The highest BCUT2D eigenvalue weighted by molar-refractivity contribution is 7.98. The fourth-order valence-corrected chi connectivity index (χ4v) is 4.08. The number of nitrogens with one attached hydrogen (secondary N) is 2. The molecule has 0 spiro atoms. The number of fused-ring (bicyclic) bond motifs is 1. The molecule has 6 nitrogen and oxygen atoms in total. The van der Waals surface area contributed by atoms with Crippen molar-refractivity contribution in [1.82, 2.24) is 20.2 Å². The van der Waals surface area contributed by atoms with E-state index in [0.717, 1.165) is 53.4 Å². The van der Waals surface area contributed by atoms with Crippen molar-refractivity contribution in [3.8, 4) is 0 Å². The average molecular weight is 395 g/mol. The SMILES string of the molecule is O=C(NCC(=O)N1CCCC1)c1ccc(CSc2nc3ccccc3[nH]2)cc1. The first-order valence-electron chi connectivity index (χ1n) is 9.41. The zero-order valence-electron chi connectivity index (χ0n) is 15.5. The number of amides is 2. The highest BCUT2D eigenvalue weighted by Crippen LogP contribution is 2.23. The van der Waals surface area contributed by atoms with E-state index in [1.165, 1.54) is 0 Å². The Hall–Kier alpha value is -2.80. The molecule has 0 unspecified atom stereocenters. The predicted molar refractivity (Wildman–Crippen MR) is 110 cm³/mol. The van der Waals surface area contributed by atoms with E-state index in [9.17, 15) is 9.59 Å². The molecule has 1 aliphatic rings. The molecule has 2 amide bonds. The fourth-order valence-electron chi connectivity index (χ4n) is 3.24. The highest BCUT2D eigenvalue weighted by atomic mass is 32.2. The van der Waals surface area contributed by atoms with Gasteiger partial charge in [0.1, 0.15) is 0 Å². The van der Waals surface area contributed by atoms with Crippen LogP contribution in [0.1, 0.15) is 28.8 Å². The Balaban J connectivity index is 1.29. The monoisotopic (exact) mass is 394 g/mol. The van der Waals surface area contributed by atoms with E-state index < -0.39 is 0 Å². The van der Waals surface area contributed by atoms with Gasteiger partial charge in [-0.25, -0.2) is 4.98 Å². The van der Waals surface area contributed by atoms with Gasteiger partial charge in [-0.1, -0.05) is 36.0 Å². The summed E-state index contributed by atoms with van der Waals surface area (Å²) in [6.07, 6.45) is 2.10. The molecule has 0 bridgehead atoms. The minimum Gasteiger partial charge on any atom is -0.343 e. The first-order valence-corrected chi connectivity index (χ1v) is 10.4. The first kappa shape index (κ1) is 18.6. The summed E-state index contributed by atoms with van der Waals surface area (Å²) < 4.78 is 0. The molecule has 7 heteroatoms. The first-order chi connectivity index (χ1) is 13.7. The third kappa shape index (κ3) is 4.36. The summed E-state index contributed by atoms with van der Waals surface area (Å²) in [4.78, 5) is 33.9. The fraction of sp³-hybridized carbons (Fsp3) is 0.286. The maximum Gasteiger partial charge on any atom is 0.251 e. The maximum absolute atomic E-state index is 12.3. The molecule has 1 aliphatic heterocycles. The largest absolute Gasteiger partial charge is 0.343 e. The quantitative estimate of drug-likeness (QED) is 0.630. The van der Waals surface area contributed by atoms with Crippen molar-refractivity contribution in [3.63, 3.8) is 0 Å². The molecule has 28 heavy (non-hydrogen) atoms. The number of rotatable bonds is 6. The molecular weight excluding hydrogens is 372 g/mol. The number of hydrogen-bond acceptors (Lipinski definition) is 4. The van der Waals surface area contributed by atoms with Crippen molar-refractivity contribution in [2.75, 3.05) is 19.6 Å². The lowest BCUT2D eigenvalue weighted by atomic mass is 10.1. The van der Waals surface area contributed by atoms with Crippen molar-refractivity contribution >= 4 is 34.6 Å². The zero-order chi connectivity index (χ0) is 19.3. The number of aromatic amines is 1. The summed E-state index contributed by atoms with van der Waals surface area (Å²) >= 11 is 1.62. The highest BCUT2D eigenvalue weighted by Gasteiger charge is 2.18. The van der Waals surface area contributed by atoms with Crippen LogP contribution in [0.2, 0.25) is 0 Å². The Morgan fingerprint density at radius 1 is 1.07 bits per heavy atom. The topological polar surface area (TPSA) is 78.1 Å². The van der Waals surface area contributed by atoms with Gasteiger partial charge in [-0.15, -0.1) is 0 Å². The second-order valence-electron chi connectivity index (χ2n) is 6.82. The number of aromatic nitrogens is 2. The normalized spacial score (nSPS) is 13.8. The van der Waals surface area contributed by atoms with Crippen molar-refractivity contribution in [3.05, 3.63) is 59.7 Å². The Morgan fingerprint density at radius 2 is 1.82 bits per heavy atom. The minimum atomic E-state index is -0.218. The molecule has 0 saturated carbocycles. The Labute approximate surface area is 167 Å². The molecule has 144 valence electrons. The number of likely N-dealkylation sites (tertiary alicyclic amines) is 1. The number of hydrogen-bond donors (Lipinski definition) is 2. The number of H-pyrrole nitrogens is 1. The van der Waals surface area contributed by atoms with Gasteiger partial charge in [-0.05, 0) is 42.7 Å². The number of carbonyl (C=O) groups is 2. The Bertz CT molecular complexity index is 944. The molecule has 1 saturated heterocycles. The van der Waals surface area contributed by atoms with Crippen LogP contribution in [0.25, 0.3) is 11.0 Å². The number of para-hydroxylation sites is 2. The standard InChI is InChI=1S/C21H22N4O2S/c26-19(25-11-3-4-12-25)13-22-20(27)16-9-7-15(8-10-16)14-28-21-23-17-5-1-2-6-18(17)24-21/h1-2,5-10H,3-4,11-14H2,(H,22,27)(H,23,24). The summed E-state index contributed by atoms with van der Waals surface area (Å²) in [6.45, 7) is 1.65. The summed E-state index contributed by atoms with van der Waals surface area (Å²) in [5.41, 5.74) is 3.66. The van der Waals surface area contributed by atoms with Crippen LogP contribution in [-0.4, -0.2) is 46.3 Å². The van der Waals surface area contributed by atoms with Gasteiger partial charge >= 0.3 is 0 Å². The van der Waals surface area contributed by atoms with E-state index in [2.05, 4.69) is 15.3 Å². The molecule has 0 atom stereocenters. The van der Waals surface area contributed by atoms with Crippen molar-refractivity contribution in [2.45, 2.75) is 23.8 Å². The van der Waals surface area contributed by atoms with E-state index in [4.69, 9.17) is 0 Å². The van der Waals surface area contributed by atoms with Crippen LogP contribution >= 0.6 is 11.8 Å². The van der Waals surface area contributed by atoms with Crippen LogP contribution in [0.3, 0.4) is 0 Å². The molecule has 3 aromatic rings. The molecule has 2 N–H and O–H groups in total. The van der Waals surface area contributed by atoms with Crippen LogP contribution in [-0.2, 0) is 10.5 Å². The maximum atomic E-state index is 12.3. The molecule has 0 aliphatic carbocycles. The second kappa shape index (κ2) is 8.48. The molecule has 4 rings (SSSR count). The lowest BCUT2D eigenvalue weighted by molar-refractivity contribution is -0.129. The number of nitrogens with zero attached hydrogens (tertiary/aromatic N) is 2. The summed E-state index contributed by atoms with van der Waals surface area (Å²) in [5, 5.41) is 3.60. The van der Waals surface area contributed by atoms with Gasteiger partial charge in [0.2, 0.25) is 5.91 Å². The molecule has 0 radical (unpaired) electrons. The van der Waals surface area contributed by atoms with Crippen molar-refractivity contribution in [1.29, 1.82) is 0 Å². The predicted octanol–water partition coefficient (Wildman–Crippen LogP) is 3.21. The number of thioether (sulfide) groups is 1. The Morgan fingerprint density at radius 3 is 2.57 bits per heavy atom. The van der Waals surface area contributed by atoms with Gasteiger partial charge in [-0.3, -0.25) is 9.59 Å². The smallest absolute Gasteiger partial charge is 0.251 e. The van der Waals surface area contributed by atoms with Crippen LogP contribution in [0, 0.1) is 0 Å². The van der Waals surface area contributed by atoms with Crippen LogP contribution in [0.15, 0.2) is 53.7 Å². The molecule has 1 aromatic heterocycles. The minimum absolute atomic E-state index is 0.00953. The van der Waals surface area contributed by atoms with Crippen LogP contribution < -0.4 is 5.32 Å². The number of imidazole rings is 1. The van der Waals surface area contributed by atoms with Crippen LogP contribution in [0.4, 0.5) is 0 Å². The molecule has 1 fully saturated rings. The molecule has 2 heterocycles. The Kier molecular flexibility index (Phi) is 5.62. The molecule has 2 aromatic carbocycles. The van der Waals surface area contributed by atoms with E-state index in [1.807, 2.05) is 36.4 Å². The van der Waals surface area contributed by atoms with Gasteiger partial charge in [0, 0.05) is 24.4 Å². The lowest BCUT2D eigenvalue weighted by Crippen LogP contribution is -2.38. The molecular formula is C21H22N4O2S. The summed E-state index contributed by atoms with van der Waals surface area (Å²) in [6, 6.07) is 15.4.